The Balaban J connectivity index is 1.96. The van der Waals surface area contributed by atoms with E-state index in [0.29, 0.717) is 11.5 Å². The van der Waals surface area contributed by atoms with Crippen LogP contribution in [0.1, 0.15) is 11.1 Å². The molecule has 0 bridgehead atoms. The summed E-state index contributed by atoms with van der Waals surface area (Å²) in [6.45, 7) is 3.67. The van der Waals surface area contributed by atoms with Gasteiger partial charge in [-0.05, 0) is 49.2 Å². The quantitative estimate of drug-likeness (QED) is 0.568. The van der Waals surface area contributed by atoms with E-state index in [1.165, 1.54) is 12.1 Å². The number of aryl methyl sites for hydroxylation is 2. The zero-order valence-electron chi connectivity index (χ0n) is 14.5. The summed E-state index contributed by atoms with van der Waals surface area (Å²) in [4.78, 5) is 0. The minimum Gasteiger partial charge on any atom is -0.508 e. The van der Waals surface area contributed by atoms with Crippen LogP contribution in [0, 0.1) is 13.8 Å². The van der Waals surface area contributed by atoms with Gasteiger partial charge in [-0.2, -0.15) is 4.57 Å². The summed E-state index contributed by atoms with van der Waals surface area (Å²) in [5.41, 5.74) is 1.58. The molecule has 26 heavy (non-hydrogen) atoms. The van der Waals surface area contributed by atoms with Gasteiger partial charge in [0, 0.05) is 6.07 Å². The third-order valence-electron chi connectivity index (χ3n) is 3.64. The number of phenolic OH excluding ortho intramolecular Hbond substituents is 1. The maximum absolute atomic E-state index is 13.4. The summed E-state index contributed by atoms with van der Waals surface area (Å²) in [5.74, 6) is 0.950. The van der Waals surface area contributed by atoms with Crippen LogP contribution in [-0.4, -0.2) is 5.11 Å². The van der Waals surface area contributed by atoms with Crippen molar-refractivity contribution in [3.8, 4) is 23.0 Å². The Bertz CT molecular complexity index is 903. The number of rotatable bonds is 6. The third kappa shape index (κ3) is 4.38. The number of phosphoric ester groups is 1. The molecular weight excluding hydrogens is 351 g/mol. The predicted molar refractivity (Wildman–Crippen MR) is 100.0 cm³/mol. The first kappa shape index (κ1) is 17.9. The van der Waals surface area contributed by atoms with Gasteiger partial charge < -0.3 is 18.7 Å². The van der Waals surface area contributed by atoms with Crippen molar-refractivity contribution in [2.45, 2.75) is 13.8 Å². The lowest BCUT2D eigenvalue weighted by atomic mass is 10.2. The summed E-state index contributed by atoms with van der Waals surface area (Å²) in [5, 5.41) is 9.63. The molecule has 134 valence electrons. The van der Waals surface area contributed by atoms with Crippen LogP contribution in [0.15, 0.2) is 72.8 Å². The molecule has 0 amide bonds. The minimum atomic E-state index is -4.07. The Labute approximate surface area is 152 Å². The maximum atomic E-state index is 13.4. The summed E-state index contributed by atoms with van der Waals surface area (Å²) in [6, 6.07) is 20.3. The lowest BCUT2D eigenvalue weighted by Crippen LogP contribution is -2.08. The van der Waals surface area contributed by atoms with Crippen LogP contribution in [0.25, 0.3) is 0 Å². The van der Waals surface area contributed by atoms with Crippen LogP contribution in [-0.2, 0) is 4.57 Å². The Morgan fingerprint density at radius 2 is 1.27 bits per heavy atom. The van der Waals surface area contributed by atoms with E-state index in [9.17, 15) is 9.67 Å². The van der Waals surface area contributed by atoms with Gasteiger partial charge in [0.1, 0.15) is 23.0 Å². The van der Waals surface area contributed by atoms with Crippen LogP contribution >= 0.6 is 7.82 Å². The second-order valence-corrected chi connectivity index (χ2v) is 7.19. The summed E-state index contributed by atoms with van der Waals surface area (Å²) >= 11 is 0. The zero-order valence-corrected chi connectivity index (χ0v) is 15.4. The van der Waals surface area contributed by atoms with Gasteiger partial charge in [-0.1, -0.05) is 42.5 Å². The van der Waals surface area contributed by atoms with Gasteiger partial charge in [0.2, 0.25) is 0 Å². The second kappa shape index (κ2) is 7.54. The van der Waals surface area contributed by atoms with Crippen molar-refractivity contribution in [1.29, 1.82) is 0 Å². The predicted octanol–water partition coefficient (Wildman–Crippen LogP) is 5.65. The molecule has 3 aromatic carbocycles. The highest BCUT2D eigenvalue weighted by Crippen LogP contribution is 2.51. The van der Waals surface area contributed by atoms with Crippen LogP contribution in [0.5, 0.6) is 23.0 Å². The van der Waals surface area contributed by atoms with Crippen LogP contribution < -0.4 is 13.6 Å². The molecule has 3 aromatic rings. The van der Waals surface area contributed by atoms with Crippen molar-refractivity contribution in [2.24, 2.45) is 0 Å². The molecule has 0 saturated carbocycles. The van der Waals surface area contributed by atoms with E-state index in [2.05, 4.69) is 0 Å². The van der Waals surface area contributed by atoms with E-state index in [1.54, 1.807) is 36.4 Å². The minimum absolute atomic E-state index is 0.0131. The first-order valence-corrected chi connectivity index (χ1v) is 9.50. The average molecular weight is 370 g/mol. The van der Waals surface area contributed by atoms with Gasteiger partial charge in [-0.25, -0.2) is 0 Å². The Kier molecular flexibility index (Phi) is 5.19. The molecule has 0 radical (unpaired) electrons. The van der Waals surface area contributed by atoms with Crippen LogP contribution in [0.4, 0.5) is 0 Å². The number of aromatic hydroxyl groups is 1. The molecule has 0 saturated heterocycles. The summed E-state index contributed by atoms with van der Waals surface area (Å²) in [7, 11) is -4.07. The number of benzene rings is 3. The largest absolute Gasteiger partial charge is 0.647 e. The van der Waals surface area contributed by atoms with Gasteiger partial charge >= 0.3 is 7.82 Å². The molecule has 3 rings (SSSR count). The van der Waals surface area contributed by atoms with Gasteiger partial charge in [0.25, 0.3) is 0 Å². The van der Waals surface area contributed by atoms with E-state index in [0.717, 1.165) is 11.1 Å². The van der Waals surface area contributed by atoms with E-state index in [1.807, 2.05) is 38.1 Å². The summed E-state index contributed by atoms with van der Waals surface area (Å²) < 4.78 is 30.3. The maximum Gasteiger partial charge on any atom is 0.647 e. The first-order valence-electron chi connectivity index (χ1n) is 8.04. The average Bonchev–Trinajstić information content (AvgIpc) is 2.59. The molecule has 5 nitrogen and oxygen atoms in total. The summed E-state index contributed by atoms with van der Waals surface area (Å²) in [6.07, 6.45) is 0. The van der Waals surface area contributed by atoms with Crippen LogP contribution in [0.2, 0.25) is 0 Å². The number of hydrogen-bond donors (Lipinski definition) is 1. The lowest BCUT2D eigenvalue weighted by Gasteiger charge is -2.21. The number of para-hydroxylation sites is 2. The van der Waals surface area contributed by atoms with Gasteiger partial charge in [-0.3, -0.25) is 0 Å². The number of hydrogen-bond acceptors (Lipinski definition) is 5. The molecule has 0 atom stereocenters. The molecule has 0 aliphatic rings. The molecule has 0 fully saturated rings. The van der Waals surface area contributed by atoms with Crippen molar-refractivity contribution in [1.82, 2.24) is 0 Å². The molecule has 0 heterocycles. The Hall–Kier alpha value is -2.91. The molecule has 0 unspecified atom stereocenters. The molecule has 0 aliphatic carbocycles. The fourth-order valence-electron chi connectivity index (χ4n) is 2.28. The van der Waals surface area contributed by atoms with Crippen molar-refractivity contribution in [3.63, 3.8) is 0 Å². The monoisotopic (exact) mass is 370 g/mol. The smallest absolute Gasteiger partial charge is 0.508 e. The second-order valence-electron chi connectivity index (χ2n) is 5.75. The lowest BCUT2D eigenvalue weighted by molar-refractivity contribution is 0.296. The Morgan fingerprint density at radius 3 is 1.77 bits per heavy atom. The molecule has 6 heteroatoms. The van der Waals surface area contributed by atoms with E-state index in [4.69, 9.17) is 13.6 Å². The highest BCUT2D eigenvalue weighted by atomic mass is 31.2. The highest BCUT2D eigenvalue weighted by molar-refractivity contribution is 7.49. The zero-order chi connectivity index (χ0) is 18.6. The molecule has 1 N–H and O–H groups in total. The SMILES string of the molecule is Cc1ccccc1OP(=O)(Oc1cccc(O)c1)Oc1ccccc1C. The van der Waals surface area contributed by atoms with Gasteiger partial charge in [0.15, 0.2) is 0 Å². The Morgan fingerprint density at radius 1 is 0.731 bits per heavy atom. The standard InChI is InChI=1S/C20H19O5P/c1-15-8-3-5-12-19(15)24-26(22,23-18-11-7-10-17(21)14-18)25-20-13-6-4-9-16(20)2/h3-14,21H,1-2H3. The fourth-order valence-corrected chi connectivity index (χ4v) is 3.66. The van der Waals surface area contributed by atoms with E-state index >= 15 is 0 Å². The third-order valence-corrected chi connectivity index (χ3v) is 4.92. The van der Waals surface area contributed by atoms with Gasteiger partial charge in [-0.15, -0.1) is 0 Å². The van der Waals surface area contributed by atoms with Crippen molar-refractivity contribution in [3.05, 3.63) is 83.9 Å². The van der Waals surface area contributed by atoms with Crippen LogP contribution in [0.3, 0.4) is 0 Å². The van der Waals surface area contributed by atoms with Crippen molar-refractivity contribution < 1.29 is 23.2 Å². The van der Waals surface area contributed by atoms with Crippen molar-refractivity contribution >= 4 is 7.82 Å². The topological polar surface area (TPSA) is 65.0 Å². The number of phenols is 1. The fraction of sp³-hybridized carbons (Fsp3) is 0.100. The van der Waals surface area contributed by atoms with E-state index < -0.39 is 7.82 Å². The van der Waals surface area contributed by atoms with E-state index in [-0.39, 0.29) is 11.5 Å². The first-order chi connectivity index (χ1) is 12.5. The number of phosphoric acid groups is 1. The highest BCUT2D eigenvalue weighted by Gasteiger charge is 2.34. The van der Waals surface area contributed by atoms with Gasteiger partial charge in [0.05, 0.1) is 0 Å². The normalized spacial score (nSPS) is 11.0. The molecule has 0 aliphatic heterocycles. The van der Waals surface area contributed by atoms with Crippen molar-refractivity contribution in [2.75, 3.05) is 0 Å². The molecule has 0 aromatic heterocycles. The molecule has 0 spiro atoms. The molecular formula is C20H19O5P.